The van der Waals surface area contributed by atoms with Gasteiger partial charge in [0.1, 0.15) is 0 Å². The molecule has 0 fully saturated rings. The summed E-state index contributed by atoms with van der Waals surface area (Å²) in [6.45, 7) is 5.80. The van der Waals surface area contributed by atoms with Crippen LogP contribution in [0.15, 0.2) is 59.5 Å². The van der Waals surface area contributed by atoms with E-state index >= 15 is 0 Å². The SMILES string of the molecule is Cc1c[nH]c(=O)n1-c1ccc(C(=O)Nc2ccc(NC(=O)CC(C)C)cc2)cc1. The quantitative estimate of drug-likeness (QED) is 0.597. The highest BCUT2D eigenvalue weighted by molar-refractivity contribution is 6.04. The summed E-state index contributed by atoms with van der Waals surface area (Å²) in [5.74, 6) is -0.000314. The molecule has 2 amide bonds. The number of rotatable bonds is 6. The van der Waals surface area contributed by atoms with Crippen LogP contribution >= 0.6 is 0 Å². The van der Waals surface area contributed by atoms with Crippen molar-refractivity contribution in [2.24, 2.45) is 5.92 Å². The Balaban J connectivity index is 1.64. The van der Waals surface area contributed by atoms with E-state index in [4.69, 9.17) is 0 Å². The molecule has 1 aromatic heterocycles. The van der Waals surface area contributed by atoms with Crippen LogP contribution in [0.4, 0.5) is 11.4 Å². The molecule has 0 saturated carbocycles. The second-order valence-corrected chi connectivity index (χ2v) is 7.30. The number of aromatic nitrogens is 2. The van der Waals surface area contributed by atoms with Crippen molar-refractivity contribution in [2.45, 2.75) is 27.2 Å². The molecule has 2 aromatic carbocycles. The third-order valence-electron chi connectivity index (χ3n) is 4.37. The largest absolute Gasteiger partial charge is 0.330 e. The van der Waals surface area contributed by atoms with Gasteiger partial charge in [-0.05, 0) is 61.4 Å². The fourth-order valence-corrected chi connectivity index (χ4v) is 2.96. The number of amides is 2. The van der Waals surface area contributed by atoms with Crippen LogP contribution in [0.3, 0.4) is 0 Å². The average Bonchev–Trinajstić information content (AvgIpc) is 3.01. The van der Waals surface area contributed by atoms with E-state index in [1.165, 1.54) is 4.57 Å². The molecule has 7 nitrogen and oxygen atoms in total. The lowest BCUT2D eigenvalue weighted by Crippen LogP contribution is -2.16. The van der Waals surface area contributed by atoms with Crippen molar-refractivity contribution in [3.63, 3.8) is 0 Å². The molecule has 0 saturated heterocycles. The molecule has 3 N–H and O–H groups in total. The van der Waals surface area contributed by atoms with E-state index in [0.29, 0.717) is 35.0 Å². The Bertz CT molecular complexity index is 1060. The van der Waals surface area contributed by atoms with E-state index < -0.39 is 0 Å². The summed E-state index contributed by atoms with van der Waals surface area (Å²) in [6, 6.07) is 13.8. The van der Waals surface area contributed by atoms with Crippen LogP contribution in [0, 0.1) is 12.8 Å². The summed E-state index contributed by atoms with van der Waals surface area (Å²) in [7, 11) is 0. The van der Waals surface area contributed by atoms with Gasteiger partial charge in [0, 0.05) is 35.2 Å². The molecule has 0 aliphatic carbocycles. The van der Waals surface area contributed by atoms with Gasteiger partial charge in [-0.1, -0.05) is 13.8 Å². The van der Waals surface area contributed by atoms with E-state index in [0.717, 1.165) is 5.69 Å². The summed E-state index contributed by atoms with van der Waals surface area (Å²) in [4.78, 5) is 38.8. The zero-order chi connectivity index (χ0) is 21.0. The third-order valence-corrected chi connectivity index (χ3v) is 4.37. The number of nitrogens with zero attached hydrogens (tertiary/aromatic N) is 1. The van der Waals surface area contributed by atoms with Gasteiger partial charge in [0.2, 0.25) is 5.91 Å². The predicted molar refractivity (Wildman–Crippen MR) is 114 cm³/mol. The number of carbonyl (C=O) groups is 2. The molecule has 29 heavy (non-hydrogen) atoms. The second-order valence-electron chi connectivity index (χ2n) is 7.30. The first-order valence-electron chi connectivity index (χ1n) is 9.42. The maximum absolute atomic E-state index is 12.5. The maximum Gasteiger partial charge on any atom is 0.330 e. The van der Waals surface area contributed by atoms with Crippen molar-refractivity contribution < 1.29 is 9.59 Å². The molecule has 7 heteroatoms. The number of hydrogen-bond donors (Lipinski definition) is 3. The Labute approximate surface area is 168 Å². The zero-order valence-corrected chi connectivity index (χ0v) is 16.7. The van der Waals surface area contributed by atoms with Gasteiger partial charge in [-0.25, -0.2) is 4.79 Å². The zero-order valence-electron chi connectivity index (χ0n) is 16.7. The number of hydrogen-bond acceptors (Lipinski definition) is 3. The highest BCUT2D eigenvalue weighted by Crippen LogP contribution is 2.16. The summed E-state index contributed by atoms with van der Waals surface area (Å²) in [6.07, 6.45) is 2.10. The van der Waals surface area contributed by atoms with Crippen LogP contribution in [0.2, 0.25) is 0 Å². The lowest BCUT2D eigenvalue weighted by atomic mass is 10.1. The lowest BCUT2D eigenvalue weighted by Gasteiger charge is -2.10. The summed E-state index contributed by atoms with van der Waals surface area (Å²) >= 11 is 0. The standard InChI is InChI=1S/C22H24N4O3/c1-14(2)12-20(27)24-17-6-8-18(9-7-17)25-21(28)16-4-10-19(11-5-16)26-15(3)13-23-22(26)29/h4-11,13-14H,12H2,1-3H3,(H,23,29)(H,24,27)(H,25,28). The monoisotopic (exact) mass is 392 g/mol. The molecular weight excluding hydrogens is 368 g/mol. The van der Waals surface area contributed by atoms with Crippen LogP contribution in [-0.2, 0) is 4.79 Å². The van der Waals surface area contributed by atoms with Crippen LogP contribution < -0.4 is 16.3 Å². The first-order chi connectivity index (χ1) is 13.8. The van der Waals surface area contributed by atoms with Crippen molar-refractivity contribution in [1.29, 1.82) is 0 Å². The van der Waals surface area contributed by atoms with Crippen molar-refractivity contribution in [1.82, 2.24) is 9.55 Å². The number of aromatic amines is 1. The molecule has 0 aliphatic rings. The van der Waals surface area contributed by atoms with E-state index in [9.17, 15) is 14.4 Å². The first-order valence-corrected chi connectivity index (χ1v) is 9.42. The topological polar surface area (TPSA) is 96.0 Å². The molecule has 0 bridgehead atoms. The van der Waals surface area contributed by atoms with Gasteiger partial charge in [0.05, 0.1) is 5.69 Å². The molecule has 1 heterocycles. The van der Waals surface area contributed by atoms with Gasteiger partial charge in [-0.15, -0.1) is 0 Å². The molecular formula is C22H24N4O3. The van der Waals surface area contributed by atoms with E-state index in [1.54, 1.807) is 54.7 Å². The number of imidazole rings is 1. The summed E-state index contributed by atoms with van der Waals surface area (Å²) in [5.41, 5.74) is 3.04. The molecule has 0 aliphatic heterocycles. The van der Waals surface area contributed by atoms with Gasteiger partial charge >= 0.3 is 5.69 Å². The number of benzene rings is 2. The Kier molecular flexibility index (Phi) is 5.97. The predicted octanol–water partition coefficient (Wildman–Crippen LogP) is 3.71. The van der Waals surface area contributed by atoms with Crippen LogP contribution in [0.5, 0.6) is 0 Å². The molecule has 3 aromatic rings. The van der Waals surface area contributed by atoms with Gasteiger partial charge in [0.15, 0.2) is 0 Å². The van der Waals surface area contributed by atoms with Gasteiger partial charge in [-0.3, -0.25) is 14.2 Å². The van der Waals surface area contributed by atoms with Crippen LogP contribution in [-0.4, -0.2) is 21.4 Å². The molecule has 0 unspecified atom stereocenters. The van der Waals surface area contributed by atoms with Crippen molar-refractivity contribution in [3.8, 4) is 5.69 Å². The Morgan fingerprint density at radius 3 is 2.07 bits per heavy atom. The normalized spacial score (nSPS) is 10.8. The Morgan fingerprint density at radius 2 is 1.55 bits per heavy atom. The number of H-pyrrole nitrogens is 1. The first kappa shape index (κ1) is 20.1. The van der Waals surface area contributed by atoms with Crippen molar-refractivity contribution in [3.05, 3.63) is 76.5 Å². The minimum atomic E-state index is -0.258. The molecule has 0 spiro atoms. The number of anilines is 2. The number of carbonyl (C=O) groups excluding carboxylic acids is 2. The smallest absolute Gasteiger partial charge is 0.326 e. The Hall–Kier alpha value is -3.61. The Morgan fingerprint density at radius 1 is 0.966 bits per heavy atom. The summed E-state index contributed by atoms with van der Waals surface area (Å²) < 4.78 is 1.54. The minimum absolute atomic E-state index is 0.0337. The third kappa shape index (κ3) is 5.01. The van der Waals surface area contributed by atoms with Gasteiger partial charge in [-0.2, -0.15) is 0 Å². The van der Waals surface area contributed by atoms with Crippen molar-refractivity contribution in [2.75, 3.05) is 10.6 Å². The van der Waals surface area contributed by atoms with E-state index in [-0.39, 0.29) is 17.5 Å². The molecule has 0 atom stereocenters. The number of nitrogens with one attached hydrogen (secondary N) is 3. The molecule has 0 radical (unpaired) electrons. The van der Waals surface area contributed by atoms with Gasteiger partial charge < -0.3 is 15.6 Å². The summed E-state index contributed by atoms with van der Waals surface area (Å²) in [5, 5.41) is 5.65. The van der Waals surface area contributed by atoms with Crippen molar-refractivity contribution >= 4 is 23.2 Å². The maximum atomic E-state index is 12.5. The van der Waals surface area contributed by atoms with E-state index in [1.807, 2.05) is 20.8 Å². The highest BCUT2D eigenvalue weighted by Gasteiger charge is 2.10. The second kappa shape index (κ2) is 8.60. The molecule has 150 valence electrons. The molecule has 3 rings (SSSR count). The highest BCUT2D eigenvalue weighted by atomic mass is 16.2. The van der Waals surface area contributed by atoms with Gasteiger partial charge in [0.25, 0.3) is 5.91 Å². The number of aryl methyl sites for hydroxylation is 1. The van der Waals surface area contributed by atoms with Crippen LogP contribution in [0.25, 0.3) is 5.69 Å². The van der Waals surface area contributed by atoms with Crippen LogP contribution in [0.1, 0.15) is 36.3 Å². The lowest BCUT2D eigenvalue weighted by molar-refractivity contribution is -0.116. The van der Waals surface area contributed by atoms with E-state index in [2.05, 4.69) is 15.6 Å². The minimum Gasteiger partial charge on any atom is -0.326 e. The fourth-order valence-electron chi connectivity index (χ4n) is 2.96. The fraction of sp³-hybridized carbons (Fsp3) is 0.227. The average molecular weight is 392 g/mol.